The van der Waals surface area contributed by atoms with Gasteiger partial charge in [0.05, 0.1) is 44.2 Å². The van der Waals surface area contributed by atoms with Crippen molar-refractivity contribution in [3.8, 4) is 11.5 Å². The van der Waals surface area contributed by atoms with Crippen LogP contribution in [0.3, 0.4) is 0 Å². The average Bonchev–Trinajstić information content (AvgIpc) is 2.87. The number of para-hydroxylation sites is 1. The van der Waals surface area contributed by atoms with Crippen LogP contribution < -0.4 is 25.5 Å². The second kappa shape index (κ2) is 13.3. The van der Waals surface area contributed by atoms with E-state index in [1.54, 1.807) is 48.5 Å². The summed E-state index contributed by atoms with van der Waals surface area (Å²) in [6.07, 6.45) is 1.29. The van der Waals surface area contributed by atoms with Crippen molar-refractivity contribution in [2.24, 2.45) is 5.10 Å². The third-order valence-electron chi connectivity index (χ3n) is 4.53. The van der Waals surface area contributed by atoms with Gasteiger partial charge in [0, 0.05) is 0 Å². The molecule has 0 aromatic heterocycles. The zero-order valence-corrected chi connectivity index (χ0v) is 22.8. The number of ether oxygens (including phenoxy) is 2. The third kappa shape index (κ3) is 7.83. The first-order valence-electron chi connectivity index (χ1n) is 10.3. The summed E-state index contributed by atoms with van der Waals surface area (Å²) in [6.45, 7) is -0.310. The minimum absolute atomic E-state index is 0.106. The number of carbonyl (C=O) groups excluding carboxylic acids is 3. The van der Waals surface area contributed by atoms with Gasteiger partial charge >= 0.3 is 11.8 Å². The Morgan fingerprint density at radius 3 is 2.38 bits per heavy atom. The second-order valence-electron chi connectivity index (χ2n) is 7.11. The van der Waals surface area contributed by atoms with Gasteiger partial charge in [-0.25, -0.2) is 5.43 Å². The lowest BCUT2D eigenvalue weighted by molar-refractivity contribution is -0.136. The summed E-state index contributed by atoms with van der Waals surface area (Å²) in [5.41, 5.74) is 3.25. The highest BCUT2D eigenvalue weighted by Crippen LogP contribution is 2.36. The number of halogens is 4. The monoisotopic (exact) mass is 626 g/mol. The van der Waals surface area contributed by atoms with Crippen LogP contribution in [0.5, 0.6) is 11.5 Å². The van der Waals surface area contributed by atoms with Crippen LogP contribution in [0.1, 0.15) is 5.56 Å². The Hall–Kier alpha value is -3.31. The van der Waals surface area contributed by atoms with E-state index < -0.39 is 17.7 Å². The Balaban J connectivity index is 1.60. The molecule has 3 amide bonds. The van der Waals surface area contributed by atoms with Crippen LogP contribution in [0.15, 0.2) is 64.2 Å². The molecule has 0 aliphatic heterocycles. The van der Waals surface area contributed by atoms with Crippen LogP contribution in [0.4, 0.5) is 11.4 Å². The molecule has 13 heteroatoms. The zero-order valence-electron chi connectivity index (χ0n) is 19.0. The van der Waals surface area contributed by atoms with Gasteiger partial charge in [0.25, 0.3) is 5.91 Å². The molecule has 0 heterocycles. The van der Waals surface area contributed by atoms with Crippen molar-refractivity contribution < 1.29 is 23.9 Å². The molecule has 9 nitrogen and oxygen atoms in total. The van der Waals surface area contributed by atoms with Crippen LogP contribution in [-0.2, 0) is 14.4 Å². The largest absolute Gasteiger partial charge is 0.493 e. The number of rotatable bonds is 8. The van der Waals surface area contributed by atoms with E-state index in [4.69, 9.17) is 44.3 Å². The summed E-state index contributed by atoms with van der Waals surface area (Å²) in [7, 11) is 1.42. The van der Waals surface area contributed by atoms with Gasteiger partial charge in [0.1, 0.15) is 0 Å². The summed E-state index contributed by atoms with van der Waals surface area (Å²) < 4.78 is 11.4. The zero-order chi connectivity index (χ0) is 26.9. The lowest BCUT2D eigenvalue weighted by Crippen LogP contribution is -2.32. The quantitative estimate of drug-likeness (QED) is 0.172. The molecule has 0 bridgehead atoms. The van der Waals surface area contributed by atoms with Gasteiger partial charge in [-0.1, -0.05) is 53.0 Å². The molecule has 0 radical (unpaired) electrons. The number of nitrogens with zero attached hydrogens (tertiary/aromatic N) is 1. The Morgan fingerprint density at radius 1 is 0.946 bits per heavy atom. The van der Waals surface area contributed by atoms with Gasteiger partial charge in [-0.05, 0) is 57.9 Å². The molecular weight excluding hydrogens is 611 g/mol. The van der Waals surface area contributed by atoms with Crippen molar-refractivity contribution in [2.75, 3.05) is 24.4 Å². The topological polar surface area (TPSA) is 118 Å². The van der Waals surface area contributed by atoms with Gasteiger partial charge in [0.2, 0.25) is 0 Å². The smallest absolute Gasteiger partial charge is 0.329 e. The fourth-order valence-electron chi connectivity index (χ4n) is 2.84. The molecule has 37 heavy (non-hydrogen) atoms. The lowest BCUT2D eigenvalue weighted by Gasteiger charge is -2.14. The highest BCUT2D eigenvalue weighted by atomic mass is 79.9. The van der Waals surface area contributed by atoms with Gasteiger partial charge in [-0.2, -0.15) is 5.10 Å². The molecule has 3 rings (SSSR count). The van der Waals surface area contributed by atoms with Gasteiger partial charge in [0.15, 0.2) is 18.1 Å². The van der Waals surface area contributed by atoms with E-state index in [0.29, 0.717) is 26.5 Å². The van der Waals surface area contributed by atoms with Gasteiger partial charge < -0.3 is 20.1 Å². The highest BCUT2D eigenvalue weighted by molar-refractivity contribution is 9.10. The number of benzene rings is 3. The number of amides is 3. The highest BCUT2D eigenvalue weighted by Gasteiger charge is 2.16. The molecule has 3 N–H and O–H groups in total. The number of hydrogen-bond acceptors (Lipinski definition) is 6. The van der Waals surface area contributed by atoms with E-state index in [1.165, 1.54) is 19.4 Å². The van der Waals surface area contributed by atoms with Crippen LogP contribution in [0.25, 0.3) is 0 Å². The first-order valence-corrected chi connectivity index (χ1v) is 12.3. The second-order valence-corrected chi connectivity index (χ2v) is 9.15. The van der Waals surface area contributed by atoms with Gasteiger partial charge in [-0.3, -0.25) is 14.4 Å². The van der Waals surface area contributed by atoms with Crippen LogP contribution in [0, 0.1) is 0 Å². The summed E-state index contributed by atoms with van der Waals surface area (Å²) in [5.74, 6) is -1.87. The Kier molecular flexibility index (Phi) is 10.2. The predicted octanol–water partition coefficient (Wildman–Crippen LogP) is 5.52. The molecule has 0 saturated carbocycles. The summed E-state index contributed by atoms with van der Waals surface area (Å²) in [4.78, 5) is 36.4. The van der Waals surface area contributed by atoms with Crippen LogP contribution in [0.2, 0.25) is 15.1 Å². The lowest BCUT2D eigenvalue weighted by atomic mass is 10.2. The normalized spacial score (nSPS) is 10.6. The molecule has 0 spiro atoms. The summed E-state index contributed by atoms with van der Waals surface area (Å²) in [5, 5.41) is 9.52. The minimum Gasteiger partial charge on any atom is -0.493 e. The molecular formula is C24H18BrCl3N4O5. The Bertz CT molecular complexity index is 1370. The fraction of sp³-hybridized carbons (Fsp3) is 0.0833. The maximum absolute atomic E-state index is 12.3. The molecule has 0 atom stereocenters. The van der Waals surface area contributed by atoms with E-state index in [9.17, 15) is 14.4 Å². The van der Waals surface area contributed by atoms with E-state index in [-0.39, 0.29) is 28.1 Å². The number of anilines is 2. The molecule has 192 valence electrons. The van der Waals surface area contributed by atoms with E-state index in [2.05, 4.69) is 37.1 Å². The number of carbonyl (C=O) groups is 3. The molecule has 0 aliphatic carbocycles. The van der Waals surface area contributed by atoms with Crippen molar-refractivity contribution in [1.29, 1.82) is 0 Å². The van der Waals surface area contributed by atoms with Crippen molar-refractivity contribution in [2.45, 2.75) is 0 Å². The Labute approximate surface area is 235 Å². The van der Waals surface area contributed by atoms with E-state index in [1.807, 2.05) is 0 Å². The van der Waals surface area contributed by atoms with Crippen molar-refractivity contribution in [3.05, 3.63) is 79.7 Å². The fourth-order valence-corrected chi connectivity index (χ4v) is 3.94. The van der Waals surface area contributed by atoms with Gasteiger partial charge in [-0.15, -0.1) is 0 Å². The molecule has 3 aromatic rings. The molecule has 0 saturated heterocycles. The summed E-state index contributed by atoms with van der Waals surface area (Å²) >= 11 is 21.3. The SMILES string of the molecule is COc1cc(/C=N\NC(=O)C(=O)Nc2cccc(Cl)c2Cl)cc(Br)c1OCC(=O)Nc1ccccc1Cl. The van der Waals surface area contributed by atoms with E-state index in [0.717, 1.165) is 0 Å². The van der Waals surface area contributed by atoms with Crippen molar-refractivity contribution in [3.63, 3.8) is 0 Å². The number of hydrazone groups is 1. The van der Waals surface area contributed by atoms with Crippen LogP contribution in [-0.4, -0.2) is 37.7 Å². The first-order chi connectivity index (χ1) is 17.7. The summed E-state index contributed by atoms with van der Waals surface area (Å²) in [6, 6.07) is 14.6. The van der Waals surface area contributed by atoms with Crippen molar-refractivity contribution in [1.82, 2.24) is 5.43 Å². The molecule has 0 aliphatic rings. The molecule has 0 fully saturated rings. The van der Waals surface area contributed by atoms with Crippen molar-refractivity contribution >= 4 is 86.0 Å². The number of hydrogen-bond donors (Lipinski definition) is 3. The number of methoxy groups -OCH3 is 1. The average molecular weight is 629 g/mol. The third-order valence-corrected chi connectivity index (χ3v) is 6.27. The molecule has 3 aromatic carbocycles. The van der Waals surface area contributed by atoms with E-state index >= 15 is 0 Å². The van der Waals surface area contributed by atoms with Crippen LogP contribution >= 0.6 is 50.7 Å². The first kappa shape index (κ1) is 28.3. The maximum Gasteiger partial charge on any atom is 0.329 e. The predicted molar refractivity (Wildman–Crippen MR) is 147 cm³/mol. The Morgan fingerprint density at radius 2 is 1.65 bits per heavy atom. The standard InChI is InChI=1S/C24H18BrCl3N4O5/c1-36-19-10-13(11-29-32-24(35)23(34)31-18-8-4-6-16(27)21(18)28)9-14(25)22(19)37-12-20(33)30-17-7-3-2-5-15(17)26/h2-11H,12H2,1H3,(H,30,33)(H,31,34)(H,32,35)/b29-11-. The number of nitrogens with one attached hydrogen (secondary N) is 3. The minimum atomic E-state index is -1.03. The maximum atomic E-state index is 12.3. The molecule has 0 unspecified atom stereocenters.